The van der Waals surface area contributed by atoms with Crippen molar-refractivity contribution in [3.63, 3.8) is 0 Å². The Balaban J connectivity index is 1.50. The number of aromatic nitrogens is 1. The Hall–Kier alpha value is -4.24. The van der Waals surface area contributed by atoms with Gasteiger partial charge in [0.05, 0.1) is 28.4 Å². The van der Waals surface area contributed by atoms with Crippen LogP contribution < -0.4 is 14.4 Å². The highest BCUT2D eigenvalue weighted by molar-refractivity contribution is 7.22. The van der Waals surface area contributed by atoms with E-state index in [-0.39, 0.29) is 22.6 Å². The molecule has 0 radical (unpaired) electrons. The lowest BCUT2D eigenvalue weighted by molar-refractivity contribution is -0.132. The Morgan fingerprint density at radius 2 is 2.02 bits per heavy atom. The third kappa shape index (κ3) is 4.60. The number of carbonyl (C=O) groups excluding carboxylic acids is 2. The first-order chi connectivity index (χ1) is 19.3. The van der Waals surface area contributed by atoms with Gasteiger partial charge in [-0.25, -0.2) is 9.37 Å². The largest absolute Gasteiger partial charge is 0.507 e. The Bertz CT molecular complexity index is 1680. The number of fused-ring (bicyclic) bond motifs is 2. The second-order valence-electron chi connectivity index (χ2n) is 10.0. The summed E-state index contributed by atoms with van der Waals surface area (Å²) >= 11 is 1.11. The highest BCUT2D eigenvalue weighted by Gasteiger charge is 2.48. The van der Waals surface area contributed by atoms with Crippen LogP contribution in [-0.4, -0.2) is 34.5 Å². The number of halogens is 1. The maximum atomic E-state index is 13.9. The zero-order valence-electron chi connectivity index (χ0n) is 22.0. The average molecular weight is 559 g/mol. The summed E-state index contributed by atoms with van der Waals surface area (Å²) in [6.45, 7) is 4.56. The van der Waals surface area contributed by atoms with E-state index >= 15 is 0 Å². The normalized spacial score (nSPS) is 19.7. The first-order valence-electron chi connectivity index (χ1n) is 13.2. The lowest BCUT2D eigenvalue weighted by atomic mass is 9.94. The number of benzene rings is 3. The molecule has 2 aliphatic rings. The lowest BCUT2D eigenvalue weighted by Gasteiger charge is -2.23. The molecule has 9 heteroatoms. The van der Waals surface area contributed by atoms with Crippen molar-refractivity contribution in [2.24, 2.45) is 0 Å². The van der Waals surface area contributed by atoms with Crippen LogP contribution in [0.1, 0.15) is 49.4 Å². The van der Waals surface area contributed by atoms with Gasteiger partial charge in [-0.3, -0.25) is 14.5 Å². The van der Waals surface area contributed by atoms with Crippen LogP contribution >= 0.6 is 11.3 Å². The second-order valence-corrected chi connectivity index (χ2v) is 11.0. The molecule has 204 valence electrons. The standard InChI is InChI=1S/C31H27FN2O5S/c1-3-4-12-38-22-7-5-6-18(15-22)27-26(28(35)19-8-11-24-20(14-19)13-17(2)39-24)29(36)30(37)34(27)31-33-23-10-9-21(32)16-25(23)40-31/h5-11,14-17,27,35H,3-4,12-13H2,1-2H3/b28-26+/t17-,27-/m0/s1. The van der Waals surface area contributed by atoms with Gasteiger partial charge >= 0.3 is 5.91 Å². The molecule has 1 N–H and O–H groups in total. The molecular formula is C31H27FN2O5S. The molecule has 1 fully saturated rings. The summed E-state index contributed by atoms with van der Waals surface area (Å²) in [5.41, 5.74) is 2.38. The van der Waals surface area contributed by atoms with Crippen LogP contribution in [0.15, 0.2) is 66.2 Å². The molecule has 1 amide bonds. The number of aliphatic hydroxyl groups is 1. The number of thiazole rings is 1. The molecule has 0 aliphatic carbocycles. The summed E-state index contributed by atoms with van der Waals surface area (Å²) in [7, 11) is 0. The maximum Gasteiger partial charge on any atom is 0.301 e. The number of ketones is 1. The van der Waals surface area contributed by atoms with Crippen molar-refractivity contribution < 1.29 is 28.6 Å². The van der Waals surface area contributed by atoms with Gasteiger partial charge in [-0.2, -0.15) is 0 Å². The van der Waals surface area contributed by atoms with Gasteiger partial charge in [0.25, 0.3) is 5.78 Å². The topological polar surface area (TPSA) is 89.0 Å². The molecule has 7 nitrogen and oxygen atoms in total. The highest BCUT2D eigenvalue weighted by Crippen LogP contribution is 2.45. The van der Waals surface area contributed by atoms with E-state index in [0.717, 1.165) is 35.5 Å². The van der Waals surface area contributed by atoms with E-state index < -0.39 is 23.5 Å². The minimum absolute atomic E-state index is 0.0114. The fourth-order valence-electron chi connectivity index (χ4n) is 5.17. The summed E-state index contributed by atoms with van der Waals surface area (Å²) in [5, 5.41) is 11.8. The minimum Gasteiger partial charge on any atom is -0.507 e. The van der Waals surface area contributed by atoms with Crippen molar-refractivity contribution in [2.45, 2.75) is 45.3 Å². The van der Waals surface area contributed by atoms with Gasteiger partial charge in [0, 0.05) is 12.0 Å². The van der Waals surface area contributed by atoms with Gasteiger partial charge in [0.2, 0.25) is 0 Å². The number of hydrogen-bond acceptors (Lipinski definition) is 7. The maximum absolute atomic E-state index is 13.9. The van der Waals surface area contributed by atoms with Crippen LogP contribution in [0.3, 0.4) is 0 Å². The lowest BCUT2D eigenvalue weighted by Crippen LogP contribution is -2.29. The Labute approximate surface area is 234 Å². The Morgan fingerprint density at radius 1 is 1.18 bits per heavy atom. The number of unbranched alkanes of at least 4 members (excludes halogenated alkanes) is 1. The van der Waals surface area contributed by atoms with Crippen LogP contribution in [0.2, 0.25) is 0 Å². The van der Waals surface area contributed by atoms with Crippen molar-refractivity contribution in [3.05, 3.63) is 88.7 Å². The molecule has 0 spiro atoms. The molecule has 3 heterocycles. The Morgan fingerprint density at radius 3 is 2.85 bits per heavy atom. The van der Waals surface area contributed by atoms with Gasteiger partial charge < -0.3 is 14.6 Å². The van der Waals surface area contributed by atoms with Crippen molar-refractivity contribution in [1.29, 1.82) is 0 Å². The number of amides is 1. The second kappa shape index (κ2) is 10.4. The van der Waals surface area contributed by atoms with E-state index in [1.54, 1.807) is 36.4 Å². The monoisotopic (exact) mass is 558 g/mol. The van der Waals surface area contributed by atoms with Crippen LogP contribution in [0, 0.1) is 5.82 Å². The van der Waals surface area contributed by atoms with Gasteiger partial charge in [-0.15, -0.1) is 0 Å². The number of rotatable bonds is 7. The van der Waals surface area contributed by atoms with Gasteiger partial charge in [-0.1, -0.05) is 36.8 Å². The molecule has 0 bridgehead atoms. The number of aliphatic hydroxyl groups excluding tert-OH is 1. The SMILES string of the molecule is CCCCOc1cccc([C@H]2/C(=C(\O)c3ccc4c(c3)C[C@H](C)O4)C(=O)C(=O)N2c2nc3ccc(F)cc3s2)c1. The molecule has 3 aromatic carbocycles. The minimum atomic E-state index is -0.969. The summed E-state index contributed by atoms with van der Waals surface area (Å²) in [5.74, 6) is -1.02. The number of Topliss-reactive ketones (excluding diaryl/α,β-unsaturated/α-hetero) is 1. The quantitative estimate of drug-likeness (QED) is 0.120. The average Bonchev–Trinajstić information content (AvgIpc) is 3.60. The summed E-state index contributed by atoms with van der Waals surface area (Å²) in [4.78, 5) is 33.0. The fourth-order valence-corrected chi connectivity index (χ4v) is 6.19. The molecule has 40 heavy (non-hydrogen) atoms. The first kappa shape index (κ1) is 26.0. The molecular weight excluding hydrogens is 531 g/mol. The number of hydrogen-bond donors (Lipinski definition) is 1. The molecule has 2 aliphatic heterocycles. The number of ether oxygens (including phenoxy) is 2. The molecule has 4 aromatic rings. The van der Waals surface area contributed by atoms with E-state index in [9.17, 15) is 19.1 Å². The van der Waals surface area contributed by atoms with Crippen LogP contribution in [0.5, 0.6) is 11.5 Å². The van der Waals surface area contributed by atoms with E-state index in [1.807, 2.05) is 13.0 Å². The number of anilines is 1. The zero-order valence-corrected chi connectivity index (χ0v) is 22.8. The van der Waals surface area contributed by atoms with Crippen molar-refractivity contribution in [2.75, 3.05) is 11.5 Å². The van der Waals surface area contributed by atoms with Gasteiger partial charge in [0.15, 0.2) is 5.13 Å². The van der Waals surface area contributed by atoms with Crippen molar-refractivity contribution in [3.8, 4) is 11.5 Å². The summed E-state index contributed by atoms with van der Waals surface area (Å²) < 4.78 is 26.2. The van der Waals surface area contributed by atoms with Crippen molar-refractivity contribution in [1.82, 2.24) is 4.98 Å². The van der Waals surface area contributed by atoms with E-state index in [2.05, 4.69) is 11.9 Å². The molecule has 0 unspecified atom stereocenters. The fraction of sp³-hybridized carbons (Fsp3) is 0.258. The molecule has 2 atom stereocenters. The van der Waals surface area contributed by atoms with E-state index in [1.165, 1.54) is 23.1 Å². The zero-order chi connectivity index (χ0) is 28.0. The third-order valence-electron chi connectivity index (χ3n) is 7.10. The number of nitrogens with zero attached hydrogens (tertiary/aromatic N) is 2. The Kier molecular flexibility index (Phi) is 6.75. The highest BCUT2D eigenvalue weighted by atomic mass is 32.1. The smallest absolute Gasteiger partial charge is 0.301 e. The number of carbonyl (C=O) groups is 2. The van der Waals surface area contributed by atoms with E-state index in [0.29, 0.717) is 40.1 Å². The first-order valence-corrected chi connectivity index (χ1v) is 14.1. The predicted molar refractivity (Wildman–Crippen MR) is 151 cm³/mol. The predicted octanol–water partition coefficient (Wildman–Crippen LogP) is 6.56. The third-order valence-corrected chi connectivity index (χ3v) is 8.12. The summed E-state index contributed by atoms with van der Waals surface area (Å²) in [6, 6.07) is 15.6. The molecule has 6 rings (SSSR count). The van der Waals surface area contributed by atoms with Gasteiger partial charge in [0.1, 0.15) is 29.2 Å². The van der Waals surface area contributed by atoms with Crippen LogP contribution in [0.4, 0.5) is 9.52 Å². The van der Waals surface area contributed by atoms with Crippen LogP contribution in [-0.2, 0) is 16.0 Å². The van der Waals surface area contributed by atoms with E-state index in [4.69, 9.17) is 9.47 Å². The van der Waals surface area contributed by atoms with Gasteiger partial charge in [-0.05, 0) is 73.0 Å². The van der Waals surface area contributed by atoms with Crippen LogP contribution in [0.25, 0.3) is 16.0 Å². The van der Waals surface area contributed by atoms with Crippen molar-refractivity contribution >= 4 is 44.1 Å². The molecule has 1 aromatic heterocycles. The summed E-state index contributed by atoms with van der Waals surface area (Å²) in [6.07, 6.45) is 2.54. The molecule has 1 saturated heterocycles. The molecule has 0 saturated carbocycles.